The van der Waals surface area contributed by atoms with Gasteiger partial charge in [-0.1, -0.05) is 18.2 Å². The number of ether oxygens (including phenoxy) is 2. The summed E-state index contributed by atoms with van der Waals surface area (Å²) in [6.45, 7) is -1.51. The van der Waals surface area contributed by atoms with Crippen LogP contribution in [0.5, 0.6) is 5.75 Å². The van der Waals surface area contributed by atoms with E-state index in [4.69, 9.17) is 10.5 Å². The largest absolute Gasteiger partial charge is 0.467 e. The van der Waals surface area contributed by atoms with Gasteiger partial charge in [0, 0.05) is 12.1 Å². The SMILES string of the molecule is NCc1ccccc1OCOCC(F)(F)F. The Morgan fingerprint density at radius 1 is 1.19 bits per heavy atom. The number of rotatable bonds is 5. The van der Waals surface area contributed by atoms with Gasteiger partial charge in [0.2, 0.25) is 0 Å². The van der Waals surface area contributed by atoms with E-state index < -0.39 is 19.6 Å². The van der Waals surface area contributed by atoms with Crippen LogP contribution in [0.4, 0.5) is 13.2 Å². The zero-order chi connectivity index (χ0) is 12.0. The molecule has 0 unspecified atom stereocenters. The lowest BCUT2D eigenvalue weighted by molar-refractivity contribution is -0.186. The van der Waals surface area contributed by atoms with E-state index in [1.165, 1.54) is 0 Å². The zero-order valence-electron chi connectivity index (χ0n) is 8.46. The van der Waals surface area contributed by atoms with E-state index in [9.17, 15) is 13.2 Å². The maximum atomic E-state index is 11.7. The fraction of sp³-hybridized carbons (Fsp3) is 0.400. The van der Waals surface area contributed by atoms with Crippen molar-refractivity contribution in [3.05, 3.63) is 29.8 Å². The quantitative estimate of drug-likeness (QED) is 0.627. The number of hydrogen-bond donors (Lipinski definition) is 1. The molecular formula is C10H12F3NO2. The minimum Gasteiger partial charge on any atom is -0.467 e. The van der Waals surface area contributed by atoms with Gasteiger partial charge in [-0.2, -0.15) is 13.2 Å². The number of halogens is 3. The summed E-state index contributed by atoms with van der Waals surface area (Å²) in [4.78, 5) is 0. The molecule has 0 aliphatic rings. The van der Waals surface area contributed by atoms with Crippen molar-refractivity contribution in [2.24, 2.45) is 5.73 Å². The predicted molar refractivity (Wildman–Crippen MR) is 51.8 cm³/mol. The highest BCUT2D eigenvalue weighted by atomic mass is 19.4. The summed E-state index contributed by atoms with van der Waals surface area (Å²) in [5.41, 5.74) is 6.14. The molecule has 1 aromatic rings. The summed E-state index contributed by atoms with van der Waals surface area (Å²) in [7, 11) is 0. The first-order valence-electron chi connectivity index (χ1n) is 4.58. The van der Waals surface area contributed by atoms with E-state index >= 15 is 0 Å². The first-order valence-corrected chi connectivity index (χ1v) is 4.58. The van der Waals surface area contributed by atoms with Crippen LogP contribution in [-0.2, 0) is 11.3 Å². The standard InChI is InChI=1S/C10H12F3NO2/c11-10(12,13)6-15-7-16-9-4-2-1-3-8(9)5-14/h1-4H,5-7,14H2. The van der Waals surface area contributed by atoms with Crippen molar-refractivity contribution >= 4 is 0 Å². The molecule has 0 aliphatic carbocycles. The van der Waals surface area contributed by atoms with Gasteiger partial charge < -0.3 is 15.2 Å². The van der Waals surface area contributed by atoms with E-state index in [0.717, 1.165) is 5.56 Å². The highest BCUT2D eigenvalue weighted by molar-refractivity contribution is 5.32. The van der Waals surface area contributed by atoms with Gasteiger partial charge >= 0.3 is 6.18 Å². The smallest absolute Gasteiger partial charge is 0.411 e. The molecule has 6 heteroatoms. The molecule has 2 N–H and O–H groups in total. The minimum absolute atomic E-state index is 0.259. The molecule has 0 saturated carbocycles. The Morgan fingerprint density at radius 3 is 2.50 bits per heavy atom. The van der Waals surface area contributed by atoms with Crippen molar-refractivity contribution in [2.45, 2.75) is 12.7 Å². The van der Waals surface area contributed by atoms with Crippen molar-refractivity contribution in [2.75, 3.05) is 13.4 Å². The second-order valence-corrected chi connectivity index (χ2v) is 3.04. The Bertz CT molecular complexity index is 328. The van der Waals surface area contributed by atoms with Gasteiger partial charge in [0.1, 0.15) is 12.4 Å². The number of para-hydroxylation sites is 1. The van der Waals surface area contributed by atoms with Crippen molar-refractivity contribution in [3.63, 3.8) is 0 Å². The second kappa shape index (κ2) is 5.72. The molecular weight excluding hydrogens is 223 g/mol. The maximum absolute atomic E-state index is 11.7. The Morgan fingerprint density at radius 2 is 1.88 bits per heavy atom. The Hall–Kier alpha value is -1.27. The van der Waals surface area contributed by atoms with E-state index in [1.807, 2.05) is 0 Å². The molecule has 0 fully saturated rings. The van der Waals surface area contributed by atoms with Gasteiger partial charge in [-0.15, -0.1) is 0 Å². The Kier molecular flexibility index (Phi) is 4.57. The minimum atomic E-state index is -4.34. The predicted octanol–water partition coefficient (Wildman–Crippen LogP) is 2.06. The number of hydrogen-bond acceptors (Lipinski definition) is 3. The van der Waals surface area contributed by atoms with Crippen LogP contribution in [0.2, 0.25) is 0 Å². The molecule has 0 atom stereocenters. The second-order valence-electron chi connectivity index (χ2n) is 3.04. The molecule has 1 rings (SSSR count). The average Bonchev–Trinajstić information content (AvgIpc) is 2.23. The van der Waals surface area contributed by atoms with E-state index in [1.54, 1.807) is 24.3 Å². The van der Waals surface area contributed by atoms with Gasteiger partial charge in [-0.3, -0.25) is 0 Å². The van der Waals surface area contributed by atoms with Crippen molar-refractivity contribution in [3.8, 4) is 5.75 Å². The molecule has 0 spiro atoms. The summed E-state index contributed by atoms with van der Waals surface area (Å²) in [6, 6.07) is 6.84. The Labute approximate surface area is 91.0 Å². The van der Waals surface area contributed by atoms with E-state index in [0.29, 0.717) is 5.75 Å². The van der Waals surface area contributed by atoms with Crippen LogP contribution in [0.3, 0.4) is 0 Å². The van der Waals surface area contributed by atoms with Gasteiger partial charge in [-0.05, 0) is 6.07 Å². The molecule has 0 saturated heterocycles. The molecule has 0 heterocycles. The summed E-state index contributed by atoms with van der Waals surface area (Å²) in [6.07, 6.45) is -4.34. The number of benzene rings is 1. The summed E-state index contributed by atoms with van der Waals surface area (Å²) in [5, 5.41) is 0. The summed E-state index contributed by atoms with van der Waals surface area (Å²) in [5.74, 6) is 0.437. The summed E-state index contributed by atoms with van der Waals surface area (Å²) < 4.78 is 44.5. The lowest BCUT2D eigenvalue weighted by atomic mass is 10.2. The van der Waals surface area contributed by atoms with Gasteiger partial charge in [0.25, 0.3) is 0 Å². The maximum Gasteiger partial charge on any atom is 0.411 e. The normalized spacial score (nSPS) is 11.5. The fourth-order valence-corrected chi connectivity index (χ4v) is 1.08. The lowest BCUT2D eigenvalue weighted by Gasteiger charge is -2.11. The highest BCUT2D eigenvalue weighted by Crippen LogP contribution is 2.18. The summed E-state index contributed by atoms with van der Waals surface area (Å²) >= 11 is 0. The highest BCUT2D eigenvalue weighted by Gasteiger charge is 2.27. The lowest BCUT2D eigenvalue weighted by Crippen LogP contribution is -2.19. The van der Waals surface area contributed by atoms with Crippen LogP contribution >= 0.6 is 0 Å². The van der Waals surface area contributed by atoms with E-state index in [-0.39, 0.29) is 6.54 Å². The molecule has 0 amide bonds. The molecule has 3 nitrogen and oxygen atoms in total. The van der Waals surface area contributed by atoms with Crippen molar-refractivity contribution in [1.82, 2.24) is 0 Å². The first-order chi connectivity index (χ1) is 7.53. The van der Waals surface area contributed by atoms with Gasteiger partial charge in [-0.25, -0.2) is 0 Å². The molecule has 0 aromatic heterocycles. The Balaban J connectivity index is 2.37. The van der Waals surface area contributed by atoms with Crippen LogP contribution in [0, 0.1) is 0 Å². The first kappa shape index (κ1) is 12.8. The van der Waals surface area contributed by atoms with Crippen molar-refractivity contribution < 1.29 is 22.6 Å². The van der Waals surface area contributed by atoms with Gasteiger partial charge in [0.05, 0.1) is 0 Å². The number of nitrogens with two attached hydrogens (primary N) is 1. The van der Waals surface area contributed by atoms with E-state index in [2.05, 4.69) is 4.74 Å². The third-order valence-corrected chi connectivity index (χ3v) is 1.76. The molecule has 0 radical (unpaired) electrons. The van der Waals surface area contributed by atoms with Crippen LogP contribution in [0.25, 0.3) is 0 Å². The molecule has 1 aromatic carbocycles. The van der Waals surface area contributed by atoms with Crippen molar-refractivity contribution in [1.29, 1.82) is 0 Å². The zero-order valence-corrected chi connectivity index (χ0v) is 8.46. The third-order valence-electron chi connectivity index (χ3n) is 1.76. The van der Waals surface area contributed by atoms with Crippen LogP contribution in [0.1, 0.15) is 5.56 Å². The third kappa shape index (κ3) is 4.50. The van der Waals surface area contributed by atoms with Crippen LogP contribution < -0.4 is 10.5 Å². The topological polar surface area (TPSA) is 44.5 Å². The van der Waals surface area contributed by atoms with Crippen LogP contribution in [0.15, 0.2) is 24.3 Å². The molecule has 16 heavy (non-hydrogen) atoms. The average molecular weight is 235 g/mol. The molecule has 90 valence electrons. The fourth-order valence-electron chi connectivity index (χ4n) is 1.08. The van der Waals surface area contributed by atoms with Crippen LogP contribution in [-0.4, -0.2) is 19.6 Å². The van der Waals surface area contributed by atoms with Gasteiger partial charge in [0.15, 0.2) is 6.79 Å². The number of alkyl halides is 3. The monoisotopic (exact) mass is 235 g/mol. The molecule has 0 aliphatic heterocycles. The molecule has 0 bridgehead atoms.